The van der Waals surface area contributed by atoms with Crippen LogP contribution in [0.1, 0.15) is 18.5 Å². The molecule has 2 N–H and O–H groups in total. The van der Waals surface area contributed by atoms with Gasteiger partial charge in [0, 0.05) is 26.3 Å². The van der Waals surface area contributed by atoms with E-state index < -0.39 is 0 Å². The van der Waals surface area contributed by atoms with Crippen LogP contribution in [0.3, 0.4) is 0 Å². The molecule has 2 aromatic rings. The van der Waals surface area contributed by atoms with Crippen molar-refractivity contribution >= 4 is 28.2 Å². The molecule has 7 heteroatoms. The maximum atomic E-state index is 5.85. The zero-order valence-corrected chi connectivity index (χ0v) is 12.1. The first-order valence-electron chi connectivity index (χ1n) is 5.46. The van der Waals surface area contributed by atoms with Crippen molar-refractivity contribution in [1.29, 1.82) is 0 Å². The van der Waals surface area contributed by atoms with E-state index in [2.05, 4.69) is 15.2 Å². The number of nitrogens with zero attached hydrogens (tertiary/aromatic N) is 4. The molecule has 0 fully saturated rings. The topological polar surface area (TPSA) is 67.9 Å². The molecule has 2 rings (SSSR count). The molecule has 0 aliphatic rings. The summed E-state index contributed by atoms with van der Waals surface area (Å²) in [5.74, 6) is 0. The maximum absolute atomic E-state index is 5.85. The van der Waals surface area contributed by atoms with E-state index in [9.17, 15) is 0 Å². The van der Waals surface area contributed by atoms with Gasteiger partial charge in [-0.25, -0.2) is 4.98 Å². The number of hydrogen-bond donors (Lipinski definition) is 1. The van der Waals surface area contributed by atoms with E-state index in [4.69, 9.17) is 5.73 Å². The second-order valence-corrected chi connectivity index (χ2v) is 6.29. The Hall–Kier alpha value is -1.18. The van der Waals surface area contributed by atoms with Crippen LogP contribution in [0.4, 0.5) is 5.13 Å². The van der Waals surface area contributed by atoms with Gasteiger partial charge in [-0.3, -0.25) is 0 Å². The summed E-state index contributed by atoms with van der Waals surface area (Å²) in [6.45, 7) is 1.96. The molecule has 18 heavy (non-hydrogen) atoms. The van der Waals surface area contributed by atoms with Crippen molar-refractivity contribution in [2.24, 2.45) is 5.73 Å². The Bertz CT molecular complexity index is 524. The second kappa shape index (κ2) is 5.64. The average molecular weight is 281 g/mol. The van der Waals surface area contributed by atoms with Gasteiger partial charge in [0.15, 0.2) is 4.34 Å². The molecule has 2 aromatic heterocycles. The highest BCUT2D eigenvalue weighted by Gasteiger charge is 2.09. The minimum atomic E-state index is 0.0131. The normalized spacial score (nSPS) is 12.4. The Balaban J connectivity index is 2.15. The lowest BCUT2D eigenvalue weighted by Crippen LogP contribution is -2.07. The standard InChI is InChI=1S/C11H15N5S2/c1-7(12)8-4-5-13-9(6-8)17-11-15-14-10(18-11)16(2)3/h4-7H,12H2,1-3H3/t7-/m1/s1. The molecule has 0 radical (unpaired) electrons. The molecule has 0 unspecified atom stereocenters. The van der Waals surface area contributed by atoms with Crippen molar-refractivity contribution in [3.63, 3.8) is 0 Å². The van der Waals surface area contributed by atoms with Gasteiger partial charge in [-0.2, -0.15) is 0 Å². The van der Waals surface area contributed by atoms with E-state index >= 15 is 0 Å². The van der Waals surface area contributed by atoms with Gasteiger partial charge in [-0.15, -0.1) is 10.2 Å². The van der Waals surface area contributed by atoms with Gasteiger partial charge in [-0.05, 0) is 36.4 Å². The molecule has 0 saturated carbocycles. The summed E-state index contributed by atoms with van der Waals surface area (Å²) in [5.41, 5.74) is 6.92. The maximum Gasteiger partial charge on any atom is 0.208 e. The average Bonchev–Trinajstić information content (AvgIpc) is 2.78. The molecule has 5 nitrogen and oxygen atoms in total. The largest absolute Gasteiger partial charge is 0.353 e. The Morgan fingerprint density at radius 1 is 1.39 bits per heavy atom. The van der Waals surface area contributed by atoms with Crippen LogP contribution in [-0.2, 0) is 0 Å². The van der Waals surface area contributed by atoms with E-state index in [1.807, 2.05) is 38.1 Å². The zero-order valence-electron chi connectivity index (χ0n) is 10.5. The van der Waals surface area contributed by atoms with Crippen molar-refractivity contribution in [3.8, 4) is 0 Å². The predicted octanol–water partition coefficient (Wildman–Crippen LogP) is 2.17. The summed E-state index contributed by atoms with van der Waals surface area (Å²) >= 11 is 3.05. The zero-order chi connectivity index (χ0) is 13.1. The van der Waals surface area contributed by atoms with Crippen LogP contribution in [-0.4, -0.2) is 29.3 Å². The van der Waals surface area contributed by atoms with Crippen molar-refractivity contribution < 1.29 is 0 Å². The van der Waals surface area contributed by atoms with Gasteiger partial charge in [0.2, 0.25) is 5.13 Å². The van der Waals surface area contributed by atoms with E-state index in [1.54, 1.807) is 17.5 Å². The molecule has 0 aromatic carbocycles. The molecule has 0 amide bonds. The number of hydrogen-bond acceptors (Lipinski definition) is 7. The Labute approximate surface area is 114 Å². The highest BCUT2D eigenvalue weighted by molar-refractivity contribution is 8.01. The fraction of sp³-hybridized carbons (Fsp3) is 0.364. The fourth-order valence-corrected chi connectivity index (χ4v) is 3.00. The Morgan fingerprint density at radius 2 is 2.17 bits per heavy atom. The molecule has 2 heterocycles. The lowest BCUT2D eigenvalue weighted by molar-refractivity contribution is 0.808. The van der Waals surface area contributed by atoms with Gasteiger partial charge in [0.25, 0.3) is 0 Å². The minimum absolute atomic E-state index is 0.0131. The number of pyridine rings is 1. The summed E-state index contributed by atoms with van der Waals surface area (Å²) in [7, 11) is 3.90. The monoisotopic (exact) mass is 281 g/mol. The first-order valence-corrected chi connectivity index (χ1v) is 7.10. The SMILES string of the molecule is C[C@@H](N)c1ccnc(Sc2nnc(N(C)C)s2)c1. The predicted molar refractivity (Wildman–Crippen MR) is 75.2 cm³/mol. The van der Waals surface area contributed by atoms with Crippen LogP contribution < -0.4 is 10.6 Å². The third-order valence-electron chi connectivity index (χ3n) is 2.25. The fourth-order valence-electron chi connectivity index (χ4n) is 1.28. The summed E-state index contributed by atoms with van der Waals surface area (Å²) in [6, 6.07) is 3.94. The molecular formula is C11H15N5S2. The lowest BCUT2D eigenvalue weighted by Gasteiger charge is -2.06. The minimum Gasteiger partial charge on any atom is -0.353 e. The molecule has 96 valence electrons. The highest BCUT2D eigenvalue weighted by Crippen LogP contribution is 2.32. The van der Waals surface area contributed by atoms with Crippen LogP contribution in [0.25, 0.3) is 0 Å². The molecule has 0 saturated heterocycles. The van der Waals surface area contributed by atoms with Gasteiger partial charge in [-0.1, -0.05) is 11.3 Å². The third-order valence-corrected chi connectivity index (χ3v) is 4.33. The van der Waals surface area contributed by atoms with Gasteiger partial charge < -0.3 is 10.6 Å². The highest BCUT2D eigenvalue weighted by atomic mass is 32.2. The van der Waals surface area contributed by atoms with Crippen LogP contribution in [0.15, 0.2) is 27.7 Å². The van der Waals surface area contributed by atoms with Crippen molar-refractivity contribution in [2.45, 2.75) is 22.3 Å². The number of anilines is 1. The molecule has 0 spiro atoms. The van der Waals surface area contributed by atoms with E-state index in [1.165, 1.54) is 11.8 Å². The van der Waals surface area contributed by atoms with E-state index in [0.717, 1.165) is 20.1 Å². The Kier molecular flexibility index (Phi) is 4.15. The summed E-state index contributed by atoms with van der Waals surface area (Å²) in [6.07, 6.45) is 1.77. The van der Waals surface area contributed by atoms with E-state index in [0.29, 0.717) is 0 Å². The third kappa shape index (κ3) is 3.18. The molecule has 0 bridgehead atoms. The molecule has 1 atom stereocenters. The smallest absolute Gasteiger partial charge is 0.208 e. The van der Waals surface area contributed by atoms with Crippen LogP contribution in [0.5, 0.6) is 0 Å². The van der Waals surface area contributed by atoms with Crippen LogP contribution in [0.2, 0.25) is 0 Å². The first kappa shape index (κ1) is 13.3. The quantitative estimate of drug-likeness (QED) is 0.926. The van der Waals surface area contributed by atoms with Gasteiger partial charge in [0.1, 0.15) is 5.03 Å². The summed E-state index contributed by atoms with van der Waals surface area (Å²) in [5, 5.41) is 10.0. The Morgan fingerprint density at radius 3 is 2.78 bits per heavy atom. The second-order valence-electron chi connectivity index (χ2n) is 4.06. The van der Waals surface area contributed by atoms with Gasteiger partial charge >= 0.3 is 0 Å². The number of rotatable bonds is 4. The lowest BCUT2D eigenvalue weighted by atomic mass is 10.1. The molecular weight excluding hydrogens is 266 g/mol. The van der Waals surface area contributed by atoms with Crippen molar-refractivity contribution in [3.05, 3.63) is 23.9 Å². The number of aromatic nitrogens is 3. The van der Waals surface area contributed by atoms with E-state index in [-0.39, 0.29) is 6.04 Å². The molecule has 0 aliphatic heterocycles. The van der Waals surface area contributed by atoms with Crippen molar-refractivity contribution in [2.75, 3.05) is 19.0 Å². The molecule has 0 aliphatic carbocycles. The summed E-state index contributed by atoms with van der Waals surface area (Å²) < 4.78 is 0.882. The summed E-state index contributed by atoms with van der Waals surface area (Å²) in [4.78, 5) is 6.24. The van der Waals surface area contributed by atoms with Gasteiger partial charge in [0.05, 0.1) is 0 Å². The first-order chi connectivity index (χ1) is 8.56. The number of nitrogens with two attached hydrogens (primary N) is 1. The van der Waals surface area contributed by atoms with Crippen LogP contribution >= 0.6 is 23.1 Å². The van der Waals surface area contributed by atoms with Crippen LogP contribution in [0, 0.1) is 0 Å². The van der Waals surface area contributed by atoms with Crippen molar-refractivity contribution in [1.82, 2.24) is 15.2 Å².